The van der Waals surface area contributed by atoms with Gasteiger partial charge in [0.15, 0.2) is 0 Å². The Hall–Kier alpha value is -1.06. The van der Waals surface area contributed by atoms with Crippen molar-refractivity contribution in [1.82, 2.24) is 0 Å². The van der Waals surface area contributed by atoms with Crippen molar-refractivity contribution in [2.75, 3.05) is 13.2 Å². The number of hydrogen-bond acceptors (Lipinski definition) is 4. The summed E-state index contributed by atoms with van der Waals surface area (Å²) in [6.07, 6.45) is 25.6. The third kappa shape index (κ3) is 14.1. The molecule has 3 fully saturated rings. The molecule has 3 rings (SSSR count). The van der Waals surface area contributed by atoms with Crippen LogP contribution in [0.3, 0.4) is 0 Å². The summed E-state index contributed by atoms with van der Waals surface area (Å²) in [4.78, 5) is 27.4. The van der Waals surface area contributed by atoms with Crippen molar-refractivity contribution < 1.29 is 19.1 Å². The van der Waals surface area contributed by atoms with Crippen LogP contribution in [0.4, 0.5) is 0 Å². The van der Waals surface area contributed by atoms with E-state index in [1.807, 2.05) is 0 Å². The fraction of sp³-hybridized carbons (Fsp3) is 0.959. The molecular weight excluding hydrogens is 653 g/mol. The van der Waals surface area contributed by atoms with Crippen LogP contribution in [0.15, 0.2) is 0 Å². The number of ether oxygens (including phenoxy) is 2. The molecule has 0 N–H and O–H groups in total. The van der Waals surface area contributed by atoms with E-state index in [1.165, 1.54) is 89.9 Å². The highest BCUT2D eigenvalue weighted by Gasteiger charge is 2.44. The molecule has 4 nitrogen and oxygen atoms in total. The van der Waals surface area contributed by atoms with Crippen molar-refractivity contribution in [3.05, 3.63) is 0 Å². The molecule has 0 aromatic carbocycles. The summed E-state index contributed by atoms with van der Waals surface area (Å²) in [5, 5.41) is 0. The van der Waals surface area contributed by atoms with Gasteiger partial charge in [0.2, 0.25) is 0 Å². The molecule has 0 saturated heterocycles. The van der Waals surface area contributed by atoms with Gasteiger partial charge in [-0.25, -0.2) is 0 Å². The Kier molecular flexibility index (Phi) is 19.8. The standard InChI is InChI=1S/C49H90O4/c1-12-14-17-37(7)29-39(9)31-48(35(3)4)25-21-42(22-26-48)33-52-46(50)44-20-16-19-41(11)45(44)47(51)53-34-43-23-27-49(28-24-43,36(5)6)32-40(10)30-38(8)18-15-13-2/h35-45H,12-34H2,1-11H3. The van der Waals surface area contributed by atoms with Gasteiger partial charge in [-0.2, -0.15) is 0 Å². The van der Waals surface area contributed by atoms with E-state index in [-0.39, 0.29) is 29.7 Å². The lowest BCUT2D eigenvalue weighted by atomic mass is 9.60. The van der Waals surface area contributed by atoms with Crippen molar-refractivity contribution >= 4 is 11.9 Å². The van der Waals surface area contributed by atoms with Gasteiger partial charge in [-0.05, 0) is 154 Å². The molecule has 0 bridgehead atoms. The third-order valence-corrected chi connectivity index (χ3v) is 15.6. The van der Waals surface area contributed by atoms with Gasteiger partial charge in [-0.1, -0.05) is 121 Å². The summed E-state index contributed by atoms with van der Waals surface area (Å²) >= 11 is 0. The van der Waals surface area contributed by atoms with Crippen LogP contribution >= 0.6 is 0 Å². The lowest BCUT2D eigenvalue weighted by Crippen LogP contribution is -2.41. The summed E-state index contributed by atoms with van der Waals surface area (Å²) < 4.78 is 12.3. The second-order valence-corrected chi connectivity index (χ2v) is 20.8. The van der Waals surface area contributed by atoms with Gasteiger partial charge in [0.1, 0.15) is 0 Å². The molecule has 3 aliphatic rings. The first-order valence-electron chi connectivity index (χ1n) is 23.5. The smallest absolute Gasteiger partial charge is 0.310 e. The SMILES string of the molecule is CCCCC(C)CC(C)CC1(C(C)C)CCC(COC(=O)C2CCCC(C)C2C(=O)OCC2CCC(CC(C)CC(C)CCCC)(C(C)C)CC2)CC1. The van der Waals surface area contributed by atoms with Gasteiger partial charge in [0, 0.05) is 0 Å². The maximum atomic E-state index is 13.7. The largest absolute Gasteiger partial charge is 0.465 e. The van der Waals surface area contributed by atoms with Crippen LogP contribution in [0.2, 0.25) is 0 Å². The van der Waals surface area contributed by atoms with E-state index in [9.17, 15) is 9.59 Å². The van der Waals surface area contributed by atoms with Crippen LogP contribution in [0.25, 0.3) is 0 Å². The quantitative estimate of drug-likeness (QED) is 0.104. The Morgan fingerprint density at radius 3 is 1.40 bits per heavy atom. The highest BCUT2D eigenvalue weighted by Crippen LogP contribution is 2.51. The van der Waals surface area contributed by atoms with E-state index in [0.29, 0.717) is 47.7 Å². The Morgan fingerprint density at radius 2 is 1.00 bits per heavy atom. The van der Waals surface area contributed by atoms with Crippen LogP contribution in [-0.2, 0) is 19.1 Å². The summed E-state index contributed by atoms with van der Waals surface area (Å²) in [7, 11) is 0. The van der Waals surface area contributed by atoms with Gasteiger partial charge >= 0.3 is 11.9 Å². The Morgan fingerprint density at radius 1 is 0.585 bits per heavy atom. The number of esters is 2. The number of unbranched alkanes of at least 4 members (excludes halogenated alkanes) is 2. The molecule has 7 atom stereocenters. The Bertz CT molecular complexity index is 1030. The lowest BCUT2D eigenvalue weighted by Gasteiger charge is -2.45. The van der Waals surface area contributed by atoms with Crippen LogP contribution < -0.4 is 0 Å². The van der Waals surface area contributed by atoms with Crippen LogP contribution in [0.5, 0.6) is 0 Å². The van der Waals surface area contributed by atoms with E-state index in [1.54, 1.807) is 0 Å². The molecule has 3 saturated carbocycles. The third-order valence-electron chi connectivity index (χ3n) is 15.6. The van der Waals surface area contributed by atoms with E-state index in [2.05, 4.69) is 76.2 Å². The molecule has 310 valence electrons. The van der Waals surface area contributed by atoms with Gasteiger partial charge in [-0.3, -0.25) is 9.59 Å². The summed E-state index contributed by atoms with van der Waals surface area (Å²) in [5.74, 6) is 4.52. The second kappa shape index (κ2) is 22.6. The molecule has 3 aliphatic carbocycles. The molecule has 0 spiro atoms. The van der Waals surface area contributed by atoms with Crippen LogP contribution in [0.1, 0.15) is 211 Å². The predicted octanol–water partition coefficient (Wildman–Crippen LogP) is 14.3. The van der Waals surface area contributed by atoms with Crippen molar-refractivity contribution in [1.29, 1.82) is 0 Å². The molecule has 0 amide bonds. The van der Waals surface area contributed by atoms with E-state index in [4.69, 9.17) is 9.47 Å². The molecular formula is C49H90O4. The topological polar surface area (TPSA) is 52.6 Å². The van der Waals surface area contributed by atoms with E-state index in [0.717, 1.165) is 68.6 Å². The normalized spacial score (nSPS) is 31.9. The fourth-order valence-corrected chi connectivity index (χ4v) is 11.8. The van der Waals surface area contributed by atoms with Crippen LogP contribution in [-0.4, -0.2) is 25.2 Å². The Balaban J connectivity index is 1.47. The average molecular weight is 743 g/mol. The fourth-order valence-electron chi connectivity index (χ4n) is 11.8. The van der Waals surface area contributed by atoms with Crippen LogP contribution in [0, 0.1) is 75.9 Å². The predicted molar refractivity (Wildman–Crippen MR) is 225 cm³/mol. The maximum Gasteiger partial charge on any atom is 0.310 e. The number of rotatable bonds is 22. The highest BCUT2D eigenvalue weighted by molar-refractivity contribution is 5.82. The van der Waals surface area contributed by atoms with Crippen molar-refractivity contribution in [3.8, 4) is 0 Å². The minimum Gasteiger partial charge on any atom is -0.465 e. The highest BCUT2D eigenvalue weighted by atomic mass is 16.5. The molecule has 7 unspecified atom stereocenters. The van der Waals surface area contributed by atoms with Gasteiger partial charge in [0.25, 0.3) is 0 Å². The zero-order valence-corrected chi connectivity index (χ0v) is 37.2. The second-order valence-electron chi connectivity index (χ2n) is 20.8. The van der Waals surface area contributed by atoms with Gasteiger partial charge in [0.05, 0.1) is 25.0 Å². The molecule has 53 heavy (non-hydrogen) atoms. The van der Waals surface area contributed by atoms with Gasteiger partial charge < -0.3 is 9.47 Å². The van der Waals surface area contributed by atoms with Crippen molar-refractivity contribution in [3.63, 3.8) is 0 Å². The minimum absolute atomic E-state index is 0.146. The number of hydrogen-bond donors (Lipinski definition) is 0. The van der Waals surface area contributed by atoms with Crippen molar-refractivity contribution in [2.24, 2.45) is 75.9 Å². The maximum absolute atomic E-state index is 13.7. The molecule has 0 heterocycles. The molecule has 0 aromatic rings. The number of carbonyl (C=O) groups excluding carboxylic acids is 2. The zero-order chi connectivity index (χ0) is 39.2. The summed E-state index contributed by atoms with van der Waals surface area (Å²) in [5.41, 5.74) is 0.828. The zero-order valence-electron chi connectivity index (χ0n) is 37.2. The lowest BCUT2D eigenvalue weighted by molar-refractivity contribution is -0.167. The van der Waals surface area contributed by atoms with E-state index < -0.39 is 0 Å². The molecule has 0 radical (unpaired) electrons. The molecule has 0 aromatic heterocycles. The first-order valence-corrected chi connectivity index (χ1v) is 23.5. The Labute approximate surface area is 330 Å². The first kappa shape index (κ1) is 46.3. The first-order chi connectivity index (χ1) is 25.1. The van der Waals surface area contributed by atoms with E-state index >= 15 is 0 Å². The average Bonchev–Trinajstić information content (AvgIpc) is 3.11. The summed E-state index contributed by atoms with van der Waals surface area (Å²) in [6.45, 7) is 27.4. The molecule has 0 aliphatic heterocycles. The van der Waals surface area contributed by atoms with Crippen molar-refractivity contribution in [2.45, 2.75) is 211 Å². The monoisotopic (exact) mass is 743 g/mol. The number of carbonyl (C=O) groups is 2. The minimum atomic E-state index is -0.369. The summed E-state index contributed by atoms with van der Waals surface area (Å²) in [6, 6.07) is 0. The van der Waals surface area contributed by atoms with Gasteiger partial charge in [-0.15, -0.1) is 0 Å². The molecule has 4 heteroatoms.